The molecule has 0 saturated heterocycles. The molecule has 1 saturated carbocycles. The van der Waals surface area contributed by atoms with Crippen LogP contribution < -0.4 is 5.32 Å². The second kappa shape index (κ2) is 5.67. The molecule has 2 N–H and O–H groups in total. The van der Waals surface area contributed by atoms with E-state index < -0.39 is 17.4 Å². The Bertz CT molecular complexity index is 566. The smallest absolute Gasteiger partial charge is 0.329 e. The molecule has 0 bridgehead atoms. The van der Waals surface area contributed by atoms with Crippen molar-refractivity contribution >= 4 is 29.6 Å². The van der Waals surface area contributed by atoms with Crippen molar-refractivity contribution in [3.8, 4) is 0 Å². The predicted molar refractivity (Wildman–Crippen MR) is 77.4 cm³/mol. The van der Waals surface area contributed by atoms with Gasteiger partial charge < -0.3 is 10.4 Å². The van der Waals surface area contributed by atoms with Gasteiger partial charge in [0, 0.05) is 11.1 Å². The van der Waals surface area contributed by atoms with Crippen LogP contribution in [0.5, 0.6) is 0 Å². The molecule has 1 fully saturated rings. The van der Waals surface area contributed by atoms with Gasteiger partial charge in [0.15, 0.2) is 0 Å². The quantitative estimate of drug-likeness (QED) is 0.820. The maximum absolute atomic E-state index is 11.9. The van der Waals surface area contributed by atoms with Crippen molar-refractivity contribution < 1.29 is 14.7 Å². The van der Waals surface area contributed by atoms with Gasteiger partial charge in [-0.3, -0.25) is 4.79 Å². The first-order chi connectivity index (χ1) is 9.41. The second-order valence-electron chi connectivity index (χ2n) is 5.16. The molecule has 4 nitrogen and oxygen atoms in total. The first-order valence-corrected chi connectivity index (χ1v) is 6.79. The summed E-state index contributed by atoms with van der Waals surface area (Å²) in [5.41, 5.74) is -0.397. The monoisotopic (exact) mass is 293 g/mol. The van der Waals surface area contributed by atoms with Crippen LogP contribution >= 0.6 is 11.6 Å². The van der Waals surface area contributed by atoms with Gasteiger partial charge in [-0.25, -0.2) is 4.79 Å². The van der Waals surface area contributed by atoms with Crippen molar-refractivity contribution in [1.29, 1.82) is 0 Å². The van der Waals surface area contributed by atoms with Gasteiger partial charge in [0.1, 0.15) is 5.54 Å². The van der Waals surface area contributed by atoms with Gasteiger partial charge in [-0.05, 0) is 49.5 Å². The van der Waals surface area contributed by atoms with Crippen LogP contribution in [0.1, 0.15) is 25.3 Å². The number of nitrogens with one attached hydrogen (secondary N) is 1. The lowest BCUT2D eigenvalue weighted by molar-refractivity contribution is -0.147. The highest BCUT2D eigenvalue weighted by Crippen LogP contribution is 2.39. The first kappa shape index (κ1) is 14.6. The van der Waals surface area contributed by atoms with Crippen LogP contribution in [0, 0.1) is 5.92 Å². The van der Waals surface area contributed by atoms with Gasteiger partial charge in [0.25, 0.3) is 0 Å². The van der Waals surface area contributed by atoms with Crippen molar-refractivity contribution in [1.82, 2.24) is 5.32 Å². The van der Waals surface area contributed by atoms with Crippen LogP contribution in [-0.4, -0.2) is 22.5 Å². The SMILES string of the molecule is CC(NC(=O)/C=C/c1cccc(Cl)c1)(C(=O)O)C1CC1. The Kier molecular flexibility index (Phi) is 4.14. The lowest BCUT2D eigenvalue weighted by Crippen LogP contribution is -2.53. The number of carbonyl (C=O) groups is 2. The molecule has 106 valence electrons. The van der Waals surface area contributed by atoms with E-state index >= 15 is 0 Å². The number of aliphatic carboxylic acids is 1. The van der Waals surface area contributed by atoms with E-state index in [0.29, 0.717) is 5.02 Å². The van der Waals surface area contributed by atoms with Crippen LogP contribution in [0.3, 0.4) is 0 Å². The van der Waals surface area contributed by atoms with E-state index in [0.717, 1.165) is 18.4 Å². The van der Waals surface area contributed by atoms with Crippen LogP contribution in [0.25, 0.3) is 6.08 Å². The summed E-state index contributed by atoms with van der Waals surface area (Å²) in [6, 6.07) is 7.06. The zero-order valence-electron chi connectivity index (χ0n) is 11.1. The van der Waals surface area contributed by atoms with Crippen LogP contribution in [-0.2, 0) is 9.59 Å². The number of halogens is 1. The molecule has 0 heterocycles. The zero-order valence-corrected chi connectivity index (χ0v) is 11.9. The third-order valence-electron chi connectivity index (χ3n) is 3.50. The van der Waals surface area contributed by atoms with Crippen molar-refractivity contribution in [3.63, 3.8) is 0 Å². The zero-order chi connectivity index (χ0) is 14.8. The molecule has 5 heteroatoms. The molecule has 0 spiro atoms. The molecule has 1 aliphatic carbocycles. The Morgan fingerprint density at radius 3 is 2.70 bits per heavy atom. The Hall–Kier alpha value is -1.81. The Balaban J connectivity index is 2.03. The molecule has 0 aliphatic heterocycles. The summed E-state index contributed by atoms with van der Waals surface area (Å²) in [4.78, 5) is 23.2. The summed E-state index contributed by atoms with van der Waals surface area (Å²) in [6.45, 7) is 1.55. The molecule has 0 radical (unpaired) electrons. The average Bonchev–Trinajstić information content (AvgIpc) is 3.20. The van der Waals surface area contributed by atoms with Crippen LogP contribution in [0.2, 0.25) is 5.02 Å². The summed E-state index contributed by atoms with van der Waals surface area (Å²) < 4.78 is 0. The number of amides is 1. The molecule has 2 rings (SSSR count). The number of carbonyl (C=O) groups excluding carboxylic acids is 1. The van der Waals surface area contributed by atoms with Crippen LogP contribution in [0.15, 0.2) is 30.3 Å². The highest BCUT2D eigenvalue weighted by molar-refractivity contribution is 6.30. The molecule has 1 unspecified atom stereocenters. The minimum Gasteiger partial charge on any atom is -0.480 e. The molecule has 1 aromatic rings. The summed E-state index contributed by atoms with van der Waals surface area (Å²) >= 11 is 5.85. The number of benzene rings is 1. The van der Waals surface area contributed by atoms with E-state index in [9.17, 15) is 14.7 Å². The predicted octanol–water partition coefficient (Wildman–Crippen LogP) is 2.72. The molecule has 1 aromatic carbocycles. The van der Waals surface area contributed by atoms with Crippen LogP contribution in [0.4, 0.5) is 0 Å². The van der Waals surface area contributed by atoms with Gasteiger partial charge in [0.05, 0.1) is 0 Å². The molecule has 1 aliphatic rings. The van der Waals surface area contributed by atoms with E-state index in [-0.39, 0.29) is 5.92 Å². The van der Waals surface area contributed by atoms with Crippen molar-refractivity contribution in [2.45, 2.75) is 25.3 Å². The largest absolute Gasteiger partial charge is 0.480 e. The molecule has 1 amide bonds. The summed E-state index contributed by atoms with van der Waals surface area (Å²) in [5, 5.41) is 12.4. The highest BCUT2D eigenvalue weighted by atomic mass is 35.5. The molecule has 20 heavy (non-hydrogen) atoms. The van der Waals surface area contributed by atoms with Gasteiger partial charge in [-0.1, -0.05) is 23.7 Å². The average molecular weight is 294 g/mol. The van der Waals surface area contributed by atoms with Gasteiger partial charge >= 0.3 is 5.97 Å². The minimum absolute atomic E-state index is 0.0171. The number of carboxylic acid groups (broad SMARTS) is 1. The third-order valence-corrected chi connectivity index (χ3v) is 3.73. The maximum atomic E-state index is 11.9. The van der Waals surface area contributed by atoms with E-state index in [1.807, 2.05) is 6.07 Å². The maximum Gasteiger partial charge on any atom is 0.329 e. The Morgan fingerprint density at radius 2 is 2.15 bits per heavy atom. The van der Waals surface area contributed by atoms with Crippen molar-refractivity contribution in [2.75, 3.05) is 0 Å². The van der Waals surface area contributed by atoms with Gasteiger partial charge in [0.2, 0.25) is 5.91 Å². The molecular weight excluding hydrogens is 278 g/mol. The Labute approximate surface area is 122 Å². The molecule has 0 aromatic heterocycles. The fraction of sp³-hybridized carbons (Fsp3) is 0.333. The van der Waals surface area contributed by atoms with E-state index in [2.05, 4.69) is 5.32 Å². The van der Waals surface area contributed by atoms with Gasteiger partial charge in [-0.15, -0.1) is 0 Å². The van der Waals surface area contributed by atoms with E-state index in [1.165, 1.54) is 6.08 Å². The van der Waals surface area contributed by atoms with E-state index in [4.69, 9.17) is 11.6 Å². The highest BCUT2D eigenvalue weighted by Gasteiger charge is 2.48. The van der Waals surface area contributed by atoms with Crippen molar-refractivity contribution in [3.05, 3.63) is 40.9 Å². The Morgan fingerprint density at radius 1 is 1.45 bits per heavy atom. The summed E-state index contributed by atoms with van der Waals surface area (Å²) in [5.74, 6) is -1.39. The van der Waals surface area contributed by atoms with Crippen molar-refractivity contribution in [2.24, 2.45) is 5.92 Å². The number of hydrogen-bond acceptors (Lipinski definition) is 2. The topological polar surface area (TPSA) is 66.4 Å². The summed E-state index contributed by atoms with van der Waals surface area (Å²) in [7, 11) is 0. The molecular formula is C15H16ClNO3. The third kappa shape index (κ3) is 3.39. The fourth-order valence-electron chi connectivity index (χ4n) is 2.07. The molecule has 1 atom stereocenters. The number of carboxylic acids is 1. The normalized spacial score (nSPS) is 17.7. The lowest BCUT2D eigenvalue weighted by Gasteiger charge is -2.25. The number of rotatable bonds is 5. The number of hydrogen-bond donors (Lipinski definition) is 2. The second-order valence-corrected chi connectivity index (χ2v) is 5.60. The summed E-state index contributed by atoms with van der Waals surface area (Å²) in [6.07, 6.45) is 4.60. The standard InChI is InChI=1S/C15H16ClNO3/c1-15(14(19)20,11-6-7-11)17-13(18)8-5-10-3-2-4-12(16)9-10/h2-5,8-9,11H,6-7H2,1H3,(H,17,18)(H,19,20)/b8-5+. The van der Waals surface area contributed by atoms with E-state index in [1.54, 1.807) is 31.2 Å². The minimum atomic E-state index is -1.18. The lowest BCUT2D eigenvalue weighted by atomic mass is 9.96. The fourth-order valence-corrected chi connectivity index (χ4v) is 2.27. The first-order valence-electron chi connectivity index (χ1n) is 6.41. The van der Waals surface area contributed by atoms with Gasteiger partial charge in [-0.2, -0.15) is 0 Å².